The Bertz CT molecular complexity index is 3660. The van der Waals surface area contributed by atoms with Crippen molar-refractivity contribution in [2.75, 3.05) is 4.90 Å². The van der Waals surface area contributed by atoms with Gasteiger partial charge in [0.2, 0.25) is 5.89 Å². The summed E-state index contributed by atoms with van der Waals surface area (Å²) in [5.74, 6) is 0.607. The van der Waals surface area contributed by atoms with Gasteiger partial charge in [-0.15, -0.1) is 0 Å². The molecule has 0 atom stereocenters. The fourth-order valence-corrected chi connectivity index (χ4v) is 9.49. The summed E-state index contributed by atoms with van der Waals surface area (Å²) >= 11 is 0. The first-order chi connectivity index (χ1) is 31.7. The summed E-state index contributed by atoms with van der Waals surface area (Å²) < 4.78 is 6.67. The van der Waals surface area contributed by atoms with Gasteiger partial charge >= 0.3 is 0 Å². The van der Waals surface area contributed by atoms with Gasteiger partial charge in [0.15, 0.2) is 5.58 Å². The summed E-state index contributed by atoms with van der Waals surface area (Å²) in [5, 5.41) is 6.93. The standard InChI is InChI=1S/C61H40N2O/c1-3-17-41(18-4-1)42-35-37-45(38-36-42)61-62-60-55-28-10-9-27-53(55)56(40-59(60)64-61)52-30-15-32-54-51(52)31-16-34-58(54)63(57-33-12-11-26-50(57)44-19-5-2-6-20-44)47-24-13-23-46(39-47)49-29-14-22-43-21-7-8-25-48(43)49/h1-40H. The summed E-state index contributed by atoms with van der Waals surface area (Å²) in [4.78, 5) is 7.56. The van der Waals surface area contributed by atoms with Crippen LogP contribution in [0, 0.1) is 0 Å². The number of hydrogen-bond acceptors (Lipinski definition) is 3. The van der Waals surface area contributed by atoms with Crippen LogP contribution in [-0.4, -0.2) is 4.98 Å². The fraction of sp³-hybridized carbons (Fsp3) is 0. The summed E-state index contributed by atoms with van der Waals surface area (Å²) in [5.41, 5.74) is 15.1. The SMILES string of the molecule is c1ccc(-c2ccc(-c3nc4c(cc(-c5cccc6c(N(c7cccc(-c8cccc9ccccc89)c7)c7ccccc7-c7ccccc7)cccc56)c5ccccc54)o3)cc2)cc1. The molecular formula is C61H40N2O. The van der Waals surface area contributed by atoms with Gasteiger partial charge in [0, 0.05) is 27.6 Å². The maximum Gasteiger partial charge on any atom is 0.227 e. The van der Waals surface area contributed by atoms with E-state index in [-0.39, 0.29) is 0 Å². The molecular weight excluding hydrogens is 777 g/mol. The lowest BCUT2D eigenvalue weighted by Crippen LogP contribution is -2.12. The lowest BCUT2D eigenvalue weighted by Gasteiger charge is -2.30. The van der Waals surface area contributed by atoms with Gasteiger partial charge in [-0.3, -0.25) is 0 Å². The zero-order chi connectivity index (χ0) is 42.4. The lowest BCUT2D eigenvalue weighted by molar-refractivity contribution is 0.620. The number of aromatic nitrogens is 1. The zero-order valence-electron chi connectivity index (χ0n) is 34.9. The number of benzene rings is 11. The molecule has 3 nitrogen and oxygen atoms in total. The van der Waals surface area contributed by atoms with Crippen molar-refractivity contribution < 1.29 is 4.42 Å². The van der Waals surface area contributed by atoms with Gasteiger partial charge in [-0.2, -0.15) is 0 Å². The van der Waals surface area contributed by atoms with Crippen LogP contribution in [0.1, 0.15) is 0 Å². The highest BCUT2D eigenvalue weighted by Crippen LogP contribution is 2.47. The molecule has 0 saturated heterocycles. The maximum atomic E-state index is 6.67. The Morgan fingerprint density at radius 2 is 0.844 bits per heavy atom. The Labute approximate surface area is 371 Å². The topological polar surface area (TPSA) is 29.3 Å². The highest BCUT2D eigenvalue weighted by Gasteiger charge is 2.22. The van der Waals surface area contributed by atoms with E-state index in [0.29, 0.717) is 5.89 Å². The predicted octanol–water partition coefficient (Wildman–Crippen LogP) is 17.1. The van der Waals surface area contributed by atoms with E-state index in [2.05, 4.69) is 241 Å². The summed E-state index contributed by atoms with van der Waals surface area (Å²) in [6.07, 6.45) is 0. The number of fused-ring (bicyclic) bond motifs is 5. The van der Waals surface area contributed by atoms with Crippen LogP contribution in [-0.2, 0) is 0 Å². The molecule has 0 saturated carbocycles. The van der Waals surface area contributed by atoms with Crippen LogP contribution in [0.15, 0.2) is 247 Å². The number of oxazole rings is 1. The monoisotopic (exact) mass is 816 g/mol. The third-order valence-electron chi connectivity index (χ3n) is 12.5. The van der Waals surface area contributed by atoms with Gasteiger partial charge in [0.05, 0.1) is 11.4 Å². The quantitative estimate of drug-likeness (QED) is 0.153. The molecule has 0 unspecified atom stereocenters. The van der Waals surface area contributed by atoms with E-state index >= 15 is 0 Å². The number of rotatable bonds is 8. The highest BCUT2D eigenvalue weighted by molar-refractivity contribution is 6.16. The van der Waals surface area contributed by atoms with Gasteiger partial charge in [-0.1, -0.05) is 200 Å². The molecule has 11 aromatic carbocycles. The van der Waals surface area contributed by atoms with Crippen molar-refractivity contribution in [3.63, 3.8) is 0 Å². The van der Waals surface area contributed by atoms with E-state index in [0.717, 1.165) is 88.7 Å². The average Bonchev–Trinajstić information content (AvgIpc) is 3.82. The smallest absolute Gasteiger partial charge is 0.227 e. The molecule has 12 aromatic rings. The van der Waals surface area contributed by atoms with Gasteiger partial charge in [0.1, 0.15) is 5.52 Å². The van der Waals surface area contributed by atoms with Gasteiger partial charge in [-0.25, -0.2) is 4.98 Å². The van der Waals surface area contributed by atoms with E-state index in [1.807, 2.05) is 6.07 Å². The molecule has 0 N–H and O–H groups in total. The van der Waals surface area contributed by atoms with Crippen molar-refractivity contribution in [1.29, 1.82) is 0 Å². The van der Waals surface area contributed by atoms with E-state index in [4.69, 9.17) is 9.40 Å². The lowest BCUT2D eigenvalue weighted by atomic mass is 9.92. The first-order valence-corrected chi connectivity index (χ1v) is 21.8. The fourth-order valence-electron chi connectivity index (χ4n) is 9.49. The highest BCUT2D eigenvalue weighted by atomic mass is 16.3. The second-order valence-corrected chi connectivity index (χ2v) is 16.3. The predicted molar refractivity (Wildman–Crippen MR) is 268 cm³/mol. The van der Waals surface area contributed by atoms with Gasteiger partial charge in [-0.05, 0) is 103 Å². The Balaban J connectivity index is 1.04. The van der Waals surface area contributed by atoms with Gasteiger partial charge < -0.3 is 9.32 Å². The van der Waals surface area contributed by atoms with E-state index < -0.39 is 0 Å². The molecule has 0 amide bonds. The molecule has 12 rings (SSSR count). The Morgan fingerprint density at radius 3 is 1.69 bits per heavy atom. The summed E-state index contributed by atoms with van der Waals surface area (Å²) in [6.45, 7) is 0. The van der Waals surface area contributed by atoms with Crippen LogP contribution in [0.2, 0.25) is 0 Å². The Hall–Kier alpha value is -8.53. The van der Waals surface area contributed by atoms with Crippen molar-refractivity contribution >= 4 is 60.5 Å². The van der Waals surface area contributed by atoms with Crippen LogP contribution in [0.25, 0.3) is 99.4 Å². The van der Waals surface area contributed by atoms with Crippen LogP contribution >= 0.6 is 0 Å². The molecule has 64 heavy (non-hydrogen) atoms. The maximum absolute atomic E-state index is 6.67. The Morgan fingerprint density at radius 1 is 0.312 bits per heavy atom. The zero-order valence-corrected chi connectivity index (χ0v) is 34.9. The molecule has 0 radical (unpaired) electrons. The van der Waals surface area contributed by atoms with E-state index in [1.54, 1.807) is 0 Å². The second-order valence-electron chi connectivity index (χ2n) is 16.3. The molecule has 0 fully saturated rings. The molecule has 300 valence electrons. The van der Waals surface area contributed by atoms with Crippen molar-refractivity contribution in [2.24, 2.45) is 0 Å². The number of hydrogen-bond donors (Lipinski definition) is 0. The number of nitrogens with zero attached hydrogens (tertiary/aromatic N) is 2. The van der Waals surface area contributed by atoms with Crippen molar-refractivity contribution in [3.8, 4) is 56.0 Å². The molecule has 1 heterocycles. The largest absolute Gasteiger partial charge is 0.436 e. The third kappa shape index (κ3) is 6.50. The van der Waals surface area contributed by atoms with Crippen LogP contribution in [0.3, 0.4) is 0 Å². The third-order valence-corrected chi connectivity index (χ3v) is 12.5. The summed E-state index contributed by atoms with van der Waals surface area (Å²) in [6, 6.07) is 86.7. The first-order valence-electron chi connectivity index (χ1n) is 21.8. The first kappa shape index (κ1) is 37.2. The number of anilines is 3. The van der Waals surface area contributed by atoms with Crippen LogP contribution < -0.4 is 4.90 Å². The molecule has 3 heteroatoms. The molecule has 0 aliphatic heterocycles. The van der Waals surface area contributed by atoms with Gasteiger partial charge in [0.25, 0.3) is 0 Å². The van der Waals surface area contributed by atoms with Crippen LogP contribution in [0.5, 0.6) is 0 Å². The van der Waals surface area contributed by atoms with E-state index in [9.17, 15) is 0 Å². The van der Waals surface area contributed by atoms with Crippen molar-refractivity contribution in [1.82, 2.24) is 4.98 Å². The van der Waals surface area contributed by atoms with Crippen LogP contribution in [0.4, 0.5) is 17.1 Å². The normalized spacial score (nSPS) is 11.4. The molecule has 0 spiro atoms. The Kier molecular flexibility index (Phi) is 9.16. The minimum absolute atomic E-state index is 0.607. The summed E-state index contributed by atoms with van der Waals surface area (Å²) in [7, 11) is 0. The molecule has 0 aliphatic rings. The molecule has 0 aliphatic carbocycles. The second kappa shape index (κ2) is 15.7. The average molecular weight is 817 g/mol. The van der Waals surface area contributed by atoms with Crippen molar-refractivity contribution in [3.05, 3.63) is 243 Å². The molecule has 0 bridgehead atoms. The van der Waals surface area contributed by atoms with E-state index in [1.165, 1.54) is 21.9 Å². The minimum Gasteiger partial charge on any atom is -0.436 e. The molecule has 1 aromatic heterocycles. The number of para-hydroxylation sites is 1. The van der Waals surface area contributed by atoms with Crippen molar-refractivity contribution in [2.45, 2.75) is 0 Å². The minimum atomic E-state index is 0.607.